The third-order valence-corrected chi connectivity index (χ3v) is 5.72. The minimum atomic E-state index is -0.258. The van der Waals surface area contributed by atoms with E-state index in [-0.39, 0.29) is 30.0 Å². The van der Waals surface area contributed by atoms with Gasteiger partial charge < -0.3 is 14.6 Å². The summed E-state index contributed by atoms with van der Waals surface area (Å²) in [5, 5.41) is 11.3. The van der Waals surface area contributed by atoms with Crippen LogP contribution in [0.25, 0.3) is 11.5 Å². The molecule has 2 aromatic carbocycles. The highest BCUT2D eigenvalue weighted by Crippen LogP contribution is 2.32. The van der Waals surface area contributed by atoms with Crippen LogP contribution >= 0.6 is 27.7 Å². The van der Waals surface area contributed by atoms with Gasteiger partial charge in [0.1, 0.15) is 0 Å². The van der Waals surface area contributed by atoms with E-state index in [1.54, 1.807) is 11.0 Å². The first-order chi connectivity index (χ1) is 14.0. The molecule has 0 fully saturated rings. The molecular weight excluding hydrogens is 456 g/mol. The third kappa shape index (κ3) is 4.35. The van der Waals surface area contributed by atoms with E-state index in [2.05, 4.69) is 31.4 Å². The Bertz CT molecular complexity index is 1070. The number of halogens is 1. The van der Waals surface area contributed by atoms with Crippen molar-refractivity contribution in [1.29, 1.82) is 0 Å². The quantitative estimate of drug-likeness (QED) is 0.567. The zero-order chi connectivity index (χ0) is 20.4. The number of para-hydroxylation sites is 2. The van der Waals surface area contributed by atoms with Gasteiger partial charge in [-0.05, 0) is 37.3 Å². The lowest BCUT2D eigenvalue weighted by atomic mass is 10.2. The standard InChI is InChI=1S/C20H17BrN4O3S/c1-12-9-17(26)22-15-7-2-3-8-16(15)25(12)18(27)11-29-20-24-23-19(28-20)13-5-4-6-14(21)10-13/h2-8,10,12H,9,11H2,1H3,(H,22,26)/t12-/m0/s1. The maximum absolute atomic E-state index is 13.0. The molecule has 2 heterocycles. The molecule has 1 atom stereocenters. The van der Waals surface area contributed by atoms with E-state index < -0.39 is 0 Å². The lowest BCUT2D eigenvalue weighted by Gasteiger charge is -2.27. The monoisotopic (exact) mass is 472 g/mol. The van der Waals surface area contributed by atoms with Gasteiger partial charge in [-0.25, -0.2) is 0 Å². The van der Waals surface area contributed by atoms with Crippen LogP contribution in [0, 0.1) is 0 Å². The summed E-state index contributed by atoms with van der Waals surface area (Å²) >= 11 is 4.59. The molecule has 1 aromatic heterocycles. The van der Waals surface area contributed by atoms with Gasteiger partial charge in [-0.2, -0.15) is 0 Å². The van der Waals surface area contributed by atoms with E-state index in [1.807, 2.05) is 49.4 Å². The Hall–Kier alpha value is -2.65. The van der Waals surface area contributed by atoms with Crippen molar-refractivity contribution in [3.05, 3.63) is 53.0 Å². The van der Waals surface area contributed by atoms with E-state index in [0.717, 1.165) is 10.0 Å². The van der Waals surface area contributed by atoms with Crippen molar-refractivity contribution in [2.24, 2.45) is 0 Å². The number of aromatic nitrogens is 2. The predicted molar refractivity (Wildman–Crippen MR) is 115 cm³/mol. The van der Waals surface area contributed by atoms with Crippen LogP contribution < -0.4 is 10.2 Å². The molecule has 1 aliphatic heterocycles. The Labute approximate surface area is 180 Å². The van der Waals surface area contributed by atoms with Crippen molar-refractivity contribution in [3.8, 4) is 11.5 Å². The average Bonchev–Trinajstić information content (AvgIpc) is 3.12. The summed E-state index contributed by atoms with van der Waals surface area (Å²) in [6.45, 7) is 1.86. The van der Waals surface area contributed by atoms with Gasteiger partial charge in [0.05, 0.1) is 17.1 Å². The first kappa shape index (κ1) is 19.7. The minimum absolute atomic E-state index is 0.108. The van der Waals surface area contributed by atoms with Gasteiger partial charge in [0.25, 0.3) is 5.22 Å². The molecule has 3 aromatic rings. The zero-order valence-electron chi connectivity index (χ0n) is 15.5. The highest BCUT2D eigenvalue weighted by atomic mass is 79.9. The number of anilines is 2. The van der Waals surface area contributed by atoms with Crippen LogP contribution in [0.1, 0.15) is 13.3 Å². The smallest absolute Gasteiger partial charge is 0.277 e. The summed E-state index contributed by atoms with van der Waals surface area (Å²) in [6.07, 6.45) is 0.235. The van der Waals surface area contributed by atoms with Gasteiger partial charge in [-0.3, -0.25) is 9.59 Å². The molecule has 0 saturated carbocycles. The summed E-state index contributed by atoms with van der Waals surface area (Å²) in [5.41, 5.74) is 2.12. The Morgan fingerprint density at radius 1 is 1.28 bits per heavy atom. The molecule has 0 spiro atoms. The van der Waals surface area contributed by atoms with Crippen molar-refractivity contribution in [3.63, 3.8) is 0 Å². The van der Waals surface area contributed by atoms with E-state index >= 15 is 0 Å². The molecule has 0 bridgehead atoms. The zero-order valence-corrected chi connectivity index (χ0v) is 17.9. The fraction of sp³-hybridized carbons (Fsp3) is 0.200. The van der Waals surface area contributed by atoms with Gasteiger partial charge >= 0.3 is 0 Å². The number of carbonyl (C=O) groups excluding carboxylic acids is 2. The Morgan fingerprint density at radius 3 is 2.93 bits per heavy atom. The molecule has 2 amide bonds. The molecule has 4 rings (SSSR count). The predicted octanol–water partition coefficient (Wildman–Crippen LogP) is 4.36. The topological polar surface area (TPSA) is 88.3 Å². The highest BCUT2D eigenvalue weighted by Gasteiger charge is 2.29. The number of fused-ring (bicyclic) bond motifs is 1. The molecular formula is C20H17BrN4O3S. The van der Waals surface area contributed by atoms with Crippen molar-refractivity contribution in [2.75, 3.05) is 16.0 Å². The molecule has 9 heteroatoms. The number of benzene rings is 2. The summed E-state index contributed by atoms with van der Waals surface area (Å²) in [6, 6.07) is 14.6. The number of thioether (sulfide) groups is 1. The molecule has 29 heavy (non-hydrogen) atoms. The number of rotatable bonds is 4. The second kappa shape index (κ2) is 8.38. The largest absolute Gasteiger partial charge is 0.411 e. The summed E-state index contributed by atoms with van der Waals surface area (Å²) in [7, 11) is 0. The fourth-order valence-corrected chi connectivity index (χ4v) is 4.19. The maximum Gasteiger partial charge on any atom is 0.277 e. The van der Waals surface area contributed by atoms with Crippen molar-refractivity contribution in [1.82, 2.24) is 10.2 Å². The maximum atomic E-state index is 13.0. The lowest BCUT2D eigenvalue weighted by Crippen LogP contribution is -2.40. The summed E-state index contributed by atoms with van der Waals surface area (Å²) in [5.74, 6) is 0.272. The molecule has 0 aliphatic carbocycles. The van der Waals surface area contributed by atoms with E-state index in [9.17, 15) is 9.59 Å². The molecule has 0 radical (unpaired) electrons. The Morgan fingerprint density at radius 2 is 2.10 bits per heavy atom. The molecule has 7 nitrogen and oxygen atoms in total. The fourth-order valence-electron chi connectivity index (χ4n) is 3.17. The molecule has 1 N–H and O–H groups in total. The van der Waals surface area contributed by atoms with Crippen molar-refractivity contribution >= 4 is 50.9 Å². The van der Waals surface area contributed by atoms with E-state index in [1.165, 1.54) is 11.8 Å². The lowest BCUT2D eigenvalue weighted by molar-refractivity contribution is -0.117. The summed E-state index contributed by atoms with van der Waals surface area (Å²) in [4.78, 5) is 26.7. The van der Waals surface area contributed by atoms with Gasteiger partial charge in [0.2, 0.25) is 17.7 Å². The van der Waals surface area contributed by atoms with E-state index in [0.29, 0.717) is 22.5 Å². The number of hydrogen-bond donors (Lipinski definition) is 1. The van der Waals surface area contributed by atoms with Crippen molar-refractivity contribution < 1.29 is 14.0 Å². The minimum Gasteiger partial charge on any atom is -0.411 e. The van der Waals surface area contributed by atoms with Crippen LogP contribution in [0.4, 0.5) is 11.4 Å². The number of amides is 2. The summed E-state index contributed by atoms with van der Waals surface area (Å²) < 4.78 is 6.59. The van der Waals surface area contributed by atoms with Gasteiger partial charge in [0.15, 0.2) is 0 Å². The van der Waals surface area contributed by atoms with Gasteiger partial charge in [-0.1, -0.05) is 45.9 Å². The second-order valence-corrected chi connectivity index (χ2v) is 8.40. The SMILES string of the molecule is C[C@H]1CC(=O)Nc2ccccc2N1C(=O)CSc1nnc(-c2cccc(Br)c2)o1. The second-order valence-electron chi connectivity index (χ2n) is 6.55. The molecule has 0 unspecified atom stereocenters. The third-order valence-electron chi connectivity index (χ3n) is 4.43. The Balaban J connectivity index is 1.49. The average molecular weight is 473 g/mol. The first-order valence-electron chi connectivity index (χ1n) is 8.94. The highest BCUT2D eigenvalue weighted by molar-refractivity contribution is 9.10. The van der Waals surface area contributed by atoms with Gasteiger partial charge in [-0.15, -0.1) is 10.2 Å². The van der Waals surface area contributed by atoms with Crippen LogP contribution in [-0.4, -0.2) is 33.8 Å². The normalized spacial score (nSPS) is 16.1. The number of nitrogens with one attached hydrogen (secondary N) is 1. The number of nitrogens with zero attached hydrogens (tertiary/aromatic N) is 3. The van der Waals surface area contributed by atoms with Crippen LogP contribution in [0.15, 0.2) is 62.6 Å². The van der Waals surface area contributed by atoms with Crippen LogP contribution in [0.5, 0.6) is 0 Å². The van der Waals surface area contributed by atoms with E-state index in [4.69, 9.17) is 4.42 Å². The van der Waals surface area contributed by atoms with Gasteiger partial charge in [0, 0.05) is 22.5 Å². The molecule has 148 valence electrons. The van der Waals surface area contributed by atoms with Crippen molar-refractivity contribution in [2.45, 2.75) is 24.6 Å². The first-order valence-corrected chi connectivity index (χ1v) is 10.7. The van der Waals surface area contributed by atoms with Crippen LogP contribution in [0.3, 0.4) is 0 Å². The van der Waals surface area contributed by atoms with Crippen LogP contribution in [-0.2, 0) is 9.59 Å². The molecule has 1 aliphatic rings. The number of carbonyl (C=O) groups is 2. The number of hydrogen-bond acceptors (Lipinski definition) is 6. The Kier molecular flexibility index (Phi) is 5.68. The van der Waals surface area contributed by atoms with Crippen LogP contribution in [0.2, 0.25) is 0 Å². The molecule has 0 saturated heterocycles.